The van der Waals surface area contributed by atoms with Gasteiger partial charge in [0.25, 0.3) is 5.91 Å². The van der Waals surface area contributed by atoms with Crippen LogP contribution in [0, 0.1) is 5.41 Å². The first-order valence-corrected chi connectivity index (χ1v) is 8.33. The minimum absolute atomic E-state index is 0.0104. The monoisotopic (exact) mass is 323 g/mol. The topological polar surface area (TPSA) is 49.3 Å². The molecule has 0 bridgehead atoms. The van der Waals surface area contributed by atoms with Crippen LogP contribution in [0.5, 0.6) is 0 Å². The van der Waals surface area contributed by atoms with E-state index in [2.05, 4.69) is 5.32 Å². The number of hydrogen-bond donors (Lipinski definition) is 2. The van der Waals surface area contributed by atoms with Gasteiger partial charge in [-0.2, -0.15) is 0 Å². The van der Waals surface area contributed by atoms with E-state index < -0.39 is 0 Å². The Morgan fingerprint density at radius 3 is 3.00 bits per heavy atom. The molecule has 0 saturated heterocycles. The lowest BCUT2D eigenvalue weighted by Crippen LogP contribution is -2.44. The number of hydrogen-bond acceptors (Lipinski definition) is 3. The van der Waals surface area contributed by atoms with E-state index in [1.807, 2.05) is 31.2 Å². The number of carbonyl (C=O) groups excluding carboxylic acids is 1. The van der Waals surface area contributed by atoms with Gasteiger partial charge in [0.15, 0.2) is 0 Å². The number of rotatable bonds is 3. The molecule has 2 unspecified atom stereocenters. The Balaban J connectivity index is 1.86. The van der Waals surface area contributed by atoms with Gasteiger partial charge in [-0.15, -0.1) is 11.3 Å². The highest BCUT2D eigenvalue weighted by Gasteiger charge is 2.39. The lowest BCUT2D eigenvalue weighted by molar-refractivity contribution is 0.0834. The molecular weight excluding hydrogens is 306 g/mol. The summed E-state index contributed by atoms with van der Waals surface area (Å²) in [6.45, 7) is 2.12. The number of nitrogens with one attached hydrogen (secondary N) is 1. The maximum Gasteiger partial charge on any atom is 0.263 e. The summed E-state index contributed by atoms with van der Waals surface area (Å²) in [6, 6.07) is 7.77. The molecule has 5 heteroatoms. The molecule has 1 heterocycles. The zero-order chi connectivity index (χ0) is 15.0. The van der Waals surface area contributed by atoms with E-state index in [4.69, 9.17) is 11.6 Å². The van der Waals surface area contributed by atoms with E-state index in [0.717, 1.165) is 29.3 Å². The van der Waals surface area contributed by atoms with Crippen LogP contribution >= 0.6 is 22.9 Å². The average molecular weight is 324 g/mol. The average Bonchev–Trinajstić information content (AvgIpc) is 3.02. The van der Waals surface area contributed by atoms with Gasteiger partial charge in [0.2, 0.25) is 0 Å². The van der Waals surface area contributed by atoms with Gasteiger partial charge in [0.05, 0.1) is 11.6 Å². The summed E-state index contributed by atoms with van der Waals surface area (Å²) in [4.78, 5) is 13.1. The minimum atomic E-state index is -0.223. The molecule has 21 heavy (non-hydrogen) atoms. The molecular formula is C16H18ClNO2S. The Bertz CT molecular complexity index is 684. The number of aliphatic hydroxyl groups is 1. The minimum Gasteiger partial charge on any atom is -0.396 e. The molecule has 1 aliphatic carbocycles. The second-order valence-corrected chi connectivity index (χ2v) is 7.40. The fourth-order valence-electron chi connectivity index (χ4n) is 3.05. The van der Waals surface area contributed by atoms with Crippen molar-refractivity contribution in [3.05, 3.63) is 34.2 Å². The fourth-order valence-corrected chi connectivity index (χ4v) is 4.47. The van der Waals surface area contributed by atoms with E-state index in [1.165, 1.54) is 11.3 Å². The van der Waals surface area contributed by atoms with Crippen molar-refractivity contribution in [2.24, 2.45) is 5.41 Å². The molecule has 1 aromatic carbocycles. The summed E-state index contributed by atoms with van der Waals surface area (Å²) in [5.41, 5.74) is -0.223. The second-order valence-electron chi connectivity index (χ2n) is 5.97. The van der Waals surface area contributed by atoms with Crippen LogP contribution in [0.3, 0.4) is 0 Å². The molecule has 3 nitrogen and oxygen atoms in total. The van der Waals surface area contributed by atoms with Gasteiger partial charge in [-0.25, -0.2) is 0 Å². The van der Waals surface area contributed by atoms with E-state index in [9.17, 15) is 9.90 Å². The van der Waals surface area contributed by atoms with Gasteiger partial charge in [0, 0.05) is 21.5 Å². The van der Waals surface area contributed by atoms with E-state index in [1.54, 1.807) is 0 Å². The van der Waals surface area contributed by atoms with Crippen LogP contribution in [0.25, 0.3) is 10.1 Å². The third-order valence-corrected chi connectivity index (χ3v) is 6.16. The Kier molecular flexibility index (Phi) is 3.95. The van der Waals surface area contributed by atoms with Gasteiger partial charge in [-0.3, -0.25) is 4.79 Å². The molecule has 1 amide bonds. The van der Waals surface area contributed by atoms with E-state index in [0.29, 0.717) is 9.90 Å². The second kappa shape index (κ2) is 5.59. The zero-order valence-corrected chi connectivity index (χ0v) is 13.4. The van der Waals surface area contributed by atoms with Crippen molar-refractivity contribution in [3.8, 4) is 0 Å². The summed E-state index contributed by atoms with van der Waals surface area (Å²) >= 11 is 7.76. The molecule has 1 fully saturated rings. The first-order chi connectivity index (χ1) is 10.0. The molecule has 0 radical (unpaired) electrons. The van der Waals surface area contributed by atoms with Gasteiger partial charge in [0.1, 0.15) is 4.88 Å². The summed E-state index contributed by atoms with van der Waals surface area (Å²) in [6.07, 6.45) is 2.88. The standard InChI is InChI=1S/C16H18ClNO2S/c1-16(9-19)8-4-7-12(16)18-15(20)14-13(17)10-5-2-3-6-11(10)21-14/h2-3,5-6,12,19H,4,7-9H2,1H3,(H,18,20). The van der Waals surface area contributed by atoms with Gasteiger partial charge >= 0.3 is 0 Å². The third kappa shape index (κ3) is 2.56. The van der Waals surface area contributed by atoms with E-state index >= 15 is 0 Å². The van der Waals surface area contributed by atoms with Crippen molar-refractivity contribution in [2.75, 3.05) is 6.61 Å². The van der Waals surface area contributed by atoms with Crippen molar-refractivity contribution in [2.45, 2.75) is 32.2 Å². The summed E-state index contributed by atoms with van der Waals surface area (Å²) < 4.78 is 1.02. The normalized spacial score (nSPS) is 25.4. The van der Waals surface area contributed by atoms with Gasteiger partial charge in [-0.1, -0.05) is 43.1 Å². The Labute approximate surface area is 132 Å². The van der Waals surface area contributed by atoms with Crippen molar-refractivity contribution in [3.63, 3.8) is 0 Å². The smallest absolute Gasteiger partial charge is 0.263 e. The number of aliphatic hydroxyl groups excluding tert-OH is 1. The van der Waals surface area contributed by atoms with Crippen LogP contribution in [0.4, 0.5) is 0 Å². The lowest BCUT2D eigenvalue weighted by Gasteiger charge is -2.29. The van der Waals surface area contributed by atoms with Crippen LogP contribution < -0.4 is 5.32 Å². The van der Waals surface area contributed by atoms with Crippen LogP contribution in [0.1, 0.15) is 35.9 Å². The molecule has 0 aliphatic heterocycles. The predicted octanol–water partition coefficient (Wildman–Crippen LogP) is 3.84. The van der Waals surface area contributed by atoms with Crippen molar-refractivity contribution < 1.29 is 9.90 Å². The first-order valence-electron chi connectivity index (χ1n) is 7.14. The maximum atomic E-state index is 12.5. The molecule has 1 aliphatic rings. The van der Waals surface area contributed by atoms with Gasteiger partial charge < -0.3 is 10.4 Å². The zero-order valence-electron chi connectivity index (χ0n) is 11.9. The van der Waals surface area contributed by atoms with Crippen LogP contribution in [0.2, 0.25) is 5.02 Å². The molecule has 1 saturated carbocycles. The first kappa shape index (κ1) is 14.8. The molecule has 1 aromatic heterocycles. The largest absolute Gasteiger partial charge is 0.396 e. The summed E-state index contributed by atoms with van der Waals surface area (Å²) in [5.74, 6) is -0.132. The molecule has 2 N–H and O–H groups in total. The van der Waals surface area contributed by atoms with Crippen LogP contribution in [-0.2, 0) is 0 Å². The third-order valence-electron chi connectivity index (χ3n) is 4.49. The molecule has 3 rings (SSSR count). The van der Waals surface area contributed by atoms with Crippen molar-refractivity contribution >= 4 is 38.9 Å². The lowest BCUT2D eigenvalue weighted by atomic mass is 9.86. The maximum absolute atomic E-state index is 12.5. The fraction of sp³-hybridized carbons (Fsp3) is 0.438. The number of halogens is 1. The molecule has 0 spiro atoms. The van der Waals surface area contributed by atoms with Crippen molar-refractivity contribution in [1.29, 1.82) is 0 Å². The summed E-state index contributed by atoms with van der Waals surface area (Å²) in [5, 5.41) is 14.1. The molecule has 2 atom stereocenters. The van der Waals surface area contributed by atoms with Crippen molar-refractivity contribution in [1.82, 2.24) is 5.32 Å². The highest BCUT2D eigenvalue weighted by Crippen LogP contribution is 2.39. The number of thiophene rings is 1. The Morgan fingerprint density at radius 1 is 1.52 bits per heavy atom. The van der Waals surface area contributed by atoms with Crippen LogP contribution in [-0.4, -0.2) is 23.7 Å². The number of carbonyl (C=O) groups is 1. The number of fused-ring (bicyclic) bond motifs is 1. The summed E-state index contributed by atoms with van der Waals surface area (Å²) in [7, 11) is 0. The number of benzene rings is 1. The molecule has 2 aromatic rings. The highest BCUT2D eigenvalue weighted by molar-refractivity contribution is 7.21. The highest BCUT2D eigenvalue weighted by atomic mass is 35.5. The predicted molar refractivity (Wildman–Crippen MR) is 87.1 cm³/mol. The number of amides is 1. The van der Waals surface area contributed by atoms with Crippen LogP contribution in [0.15, 0.2) is 24.3 Å². The van der Waals surface area contributed by atoms with E-state index in [-0.39, 0.29) is 24.0 Å². The molecule has 112 valence electrons. The quantitative estimate of drug-likeness (QED) is 0.901. The Hall–Kier alpha value is -1.10. The van der Waals surface area contributed by atoms with Gasteiger partial charge in [-0.05, 0) is 18.9 Å². The Morgan fingerprint density at radius 2 is 2.29 bits per heavy atom. The SMILES string of the molecule is CC1(CO)CCCC1NC(=O)c1sc2ccccc2c1Cl.